The molecule has 0 saturated heterocycles. The van der Waals surface area contributed by atoms with Crippen LogP contribution in [0.2, 0.25) is 0 Å². The van der Waals surface area contributed by atoms with Crippen LogP contribution in [0.4, 0.5) is 4.39 Å². The number of aromatic carboxylic acids is 1. The number of carbonyl (C=O) groups is 1. The van der Waals surface area contributed by atoms with Gasteiger partial charge in [0.2, 0.25) is 0 Å². The minimum absolute atomic E-state index is 0.00991. The minimum atomic E-state index is -1.30. The SMILES string of the molecule is CC(C)CC(C)Oc1cc(-n2nc(C(C)C)n(C)c2=O)c(F)cc1C(=O)O. The number of carboxylic acids is 1. The smallest absolute Gasteiger partial charge is 0.350 e. The third-order valence-electron chi connectivity index (χ3n) is 4.17. The Morgan fingerprint density at radius 3 is 2.37 bits per heavy atom. The van der Waals surface area contributed by atoms with Crippen LogP contribution >= 0.6 is 0 Å². The van der Waals surface area contributed by atoms with Gasteiger partial charge in [-0.25, -0.2) is 14.0 Å². The average molecular weight is 379 g/mol. The maximum Gasteiger partial charge on any atom is 0.350 e. The van der Waals surface area contributed by atoms with Gasteiger partial charge in [0.15, 0.2) is 0 Å². The van der Waals surface area contributed by atoms with Gasteiger partial charge < -0.3 is 9.84 Å². The highest BCUT2D eigenvalue weighted by molar-refractivity contribution is 5.91. The largest absolute Gasteiger partial charge is 0.490 e. The van der Waals surface area contributed by atoms with E-state index in [0.717, 1.165) is 10.7 Å². The number of ether oxygens (including phenoxy) is 1. The molecule has 2 aromatic rings. The number of hydrogen-bond acceptors (Lipinski definition) is 4. The van der Waals surface area contributed by atoms with Crippen LogP contribution in [0.5, 0.6) is 5.75 Å². The second-order valence-electron chi connectivity index (χ2n) is 7.43. The van der Waals surface area contributed by atoms with Crippen LogP contribution in [0.3, 0.4) is 0 Å². The summed E-state index contributed by atoms with van der Waals surface area (Å²) in [5, 5.41) is 13.6. The van der Waals surface area contributed by atoms with E-state index in [4.69, 9.17) is 4.74 Å². The number of nitrogens with zero attached hydrogens (tertiary/aromatic N) is 3. The van der Waals surface area contributed by atoms with Crippen molar-refractivity contribution in [1.29, 1.82) is 0 Å². The fourth-order valence-electron chi connectivity index (χ4n) is 3.01. The second kappa shape index (κ2) is 7.94. The monoisotopic (exact) mass is 379 g/mol. The normalized spacial score (nSPS) is 12.6. The average Bonchev–Trinajstić information content (AvgIpc) is 2.83. The van der Waals surface area contributed by atoms with Crippen molar-refractivity contribution >= 4 is 5.97 Å². The van der Waals surface area contributed by atoms with Crippen LogP contribution in [0.15, 0.2) is 16.9 Å². The zero-order valence-corrected chi connectivity index (χ0v) is 16.5. The van der Waals surface area contributed by atoms with E-state index in [-0.39, 0.29) is 29.0 Å². The molecule has 7 nitrogen and oxygen atoms in total. The molecular formula is C19H26FN3O4. The topological polar surface area (TPSA) is 86.4 Å². The lowest BCUT2D eigenvalue weighted by Gasteiger charge is -2.19. The highest BCUT2D eigenvalue weighted by Gasteiger charge is 2.22. The summed E-state index contributed by atoms with van der Waals surface area (Å²) < 4.78 is 22.7. The molecule has 1 aromatic carbocycles. The van der Waals surface area contributed by atoms with Crippen LogP contribution < -0.4 is 10.4 Å². The molecule has 0 fully saturated rings. The van der Waals surface area contributed by atoms with Crippen molar-refractivity contribution in [3.8, 4) is 11.4 Å². The van der Waals surface area contributed by atoms with Crippen molar-refractivity contribution in [2.45, 2.75) is 53.1 Å². The fourth-order valence-corrected chi connectivity index (χ4v) is 3.01. The van der Waals surface area contributed by atoms with Crippen LogP contribution in [0, 0.1) is 11.7 Å². The Hall–Kier alpha value is -2.64. The fraction of sp³-hybridized carbons (Fsp3) is 0.526. The third kappa shape index (κ3) is 4.37. The third-order valence-corrected chi connectivity index (χ3v) is 4.17. The van der Waals surface area contributed by atoms with Crippen LogP contribution in [0.1, 0.15) is 63.1 Å². The summed E-state index contributed by atoms with van der Waals surface area (Å²) >= 11 is 0. The molecule has 0 saturated carbocycles. The standard InChI is InChI=1S/C19H26FN3O4/c1-10(2)7-12(5)27-16-9-15(14(20)8-13(16)18(24)25)23-19(26)22(6)17(21-23)11(3)4/h8-12H,7H2,1-6H3,(H,24,25). The molecule has 0 aliphatic carbocycles. The Bertz CT molecular complexity index is 899. The van der Waals surface area contributed by atoms with Gasteiger partial charge in [-0.1, -0.05) is 27.7 Å². The van der Waals surface area contributed by atoms with E-state index in [1.165, 1.54) is 10.6 Å². The van der Waals surface area contributed by atoms with Crippen LogP contribution in [-0.2, 0) is 7.05 Å². The van der Waals surface area contributed by atoms with Crippen molar-refractivity contribution in [2.24, 2.45) is 13.0 Å². The molecule has 2 rings (SSSR count). The zero-order valence-electron chi connectivity index (χ0n) is 16.5. The van der Waals surface area contributed by atoms with Gasteiger partial charge in [0.05, 0.1) is 6.10 Å². The minimum Gasteiger partial charge on any atom is -0.490 e. The number of hydrogen-bond donors (Lipinski definition) is 1. The summed E-state index contributed by atoms with van der Waals surface area (Å²) in [6, 6.07) is 2.10. The van der Waals surface area contributed by atoms with E-state index in [2.05, 4.69) is 5.10 Å². The van der Waals surface area contributed by atoms with Gasteiger partial charge in [0.25, 0.3) is 0 Å². The summed E-state index contributed by atoms with van der Waals surface area (Å²) in [5.41, 5.74) is -0.943. The van der Waals surface area contributed by atoms with Gasteiger partial charge in [0.1, 0.15) is 28.6 Å². The van der Waals surface area contributed by atoms with Crippen molar-refractivity contribution in [3.05, 3.63) is 39.8 Å². The van der Waals surface area contributed by atoms with Gasteiger partial charge in [-0.05, 0) is 25.3 Å². The quantitative estimate of drug-likeness (QED) is 0.797. The number of halogens is 1. The highest BCUT2D eigenvalue weighted by atomic mass is 19.1. The molecule has 1 N–H and O–H groups in total. The van der Waals surface area contributed by atoms with E-state index >= 15 is 0 Å². The predicted molar refractivity (Wildman–Crippen MR) is 99.4 cm³/mol. The summed E-state index contributed by atoms with van der Waals surface area (Å²) in [5.74, 6) is -1.34. The van der Waals surface area contributed by atoms with Gasteiger partial charge in [-0.2, -0.15) is 4.68 Å². The molecule has 1 unspecified atom stereocenters. The van der Waals surface area contributed by atoms with E-state index in [0.29, 0.717) is 18.2 Å². The van der Waals surface area contributed by atoms with E-state index in [1.54, 1.807) is 7.05 Å². The molecule has 1 atom stereocenters. The summed E-state index contributed by atoms with van der Waals surface area (Å²) in [6.07, 6.45) is 0.431. The molecule has 0 aliphatic rings. The second-order valence-corrected chi connectivity index (χ2v) is 7.43. The van der Waals surface area contributed by atoms with E-state index < -0.39 is 17.5 Å². The van der Waals surface area contributed by atoms with E-state index in [1.807, 2.05) is 34.6 Å². The Balaban J connectivity index is 2.59. The Labute approximate surface area is 157 Å². The van der Waals surface area contributed by atoms with Gasteiger partial charge in [0, 0.05) is 19.0 Å². The molecule has 1 heterocycles. The van der Waals surface area contributed by atoms with Crippen molar-refractivity contribution < 1.29 is 19.0 Å². The van der Waals surface area contributed by atoms with Crippen LogP contribution in [0.25, 0.3) is 5.69 Å². The summed E-state index contributed by atoms with van der Waals surface area (Å²) in [4.78, 5) is 24.0. The molecule has 27 heavy (non-hydrogen) atoms. The first kappa shape index (κ1) is 20.7. The lowest BCUT2D eigenvalue weighted by Crippen LogP contribution is -2.23. The molecule has 0 spiro atoms. The summed E-state index contributed by atoms with van der Waals surface area (Å²) in [6.45, 7) is 9.61. The number of carboxylic acid groups (broad SMARTS) is 1. The molecule has 1 aromatic heterocycles. The van der Waals surface area contributed by atoms with Crippen molar-refractivity contribution in [3.63, 3.8) is 0 Å². The highest BCUT2D eigenvalue weighted by Crippen LogP contribution is 2.27. The first-order chi connectivity index (χ1) is 12.5. The lowest BCUT2D eigenvalue weighted by atomic mass is 10.1. The molecule has 0 amide bonds. The van der Waals surface area contributed by atoms with Gasteiger partial charge >= 0.3 is 11.7 Å². The molecule has 148 valence electrons. The molecule has 0 radical (unpaired) electrons. The first-order valence-corrected chi connectivity index (χ1v) is 8.92. The number of benzene rings is 1. The van der Waals surface area contributed by atoms with E-state index in [9.17, 15) is 19.1 Å². The van der Waals surface area contributed by atoms with Crippen molar-refractivity contribution in [2.75, 3.05) is 0 Å². The van der Waals surface area contributed by atoms with Crippen molar-refractivity contribution in [1.82, 2.24) is 14.3 Å². The Morgan fingerprint density at radius 2 is 1.89 bits per heavy atom. The number of aromatic nitrogens is 3. The van der Waals surface area contributed by atoms with Gasteiger partial charge in [-0.15, -0.1) is 5.10 Å². The summed E-state index contributed by atoms with van der Waals surface area (Å²) in [7, 11) is 1.56. The van der Waals surface area contributed by atoms with Gasteiger partial charge in [-0.3, -0.25) is 4.57 Å². The number of rotatable bonds is 7. The molecule has 0 aliphatic heterocycles. The molecule has 0 bridgehead atoms. The lowest BCUT2D eigenvalue weighted by molar-refractivity contribution is 0.0688. The van der Waals surface area contributed by atoms with Crippen LogP contribution in [-0.4, -0.2) is 31.5 Å². The predicted octanol–water partition coefficient (Wildman–Crippen LogP) is 3.35. The molecule has 8 heteroatoms. The molecular weight excluding hydrogens is 353 g/mol. The maximum atomic E-state index is 14.6. The zero-order chi connectivity index (χ0) is 20.5. The first-order valence-electron chi connectivity index (χ1n) is 8.92. The Morgan fingerprint density at radius 1 is 1.26 bits per heavy atom. The maximum absolute atomic E-state index is 14.6. The Kier molecular flexibility index (Phi) is 6.08.